The summed E-state index contributed by atoms with van der Waals surface area (Å²) in [5.74, 6) is -5.61. The van der Waals surface area contributed by atoms with Crippen molar-refractivity contribution in [1.82, 2.24) is 29.4 Å². The first-order valence-electron chi connectivity index (χ1n) is 23.1. The summed E-state index contributed by atoms with van der Waals surface area (Å²) in [6, 6.07) is 1.59. The van der Waals surface area contributed by atoms with E-state index in [-0.39, 0.29) is 44.6 Å². The van der Waals surface area contributed by atoms with E-state index in [2.05, 4.69) is 0 Å². The van der Waals surface area contributed by atoms with Crippen molar-refractivity contribution in [1.29, 1.82) is 0 Å². The molecule has 0 heterocycles. The summed E-state index contributed by atoms with van der Waals surface area (Å²) in [6.45, 7) is 19.4. The molecular formula is C46H84N12O9. The van der Waals surface area contributed by atoms with Crippen LogP contribution >= 0.6 is 0 Å². The Morgan fingerprint density at radius 2 is 0.866 bits per heavy atom. The van der Waals surface area contributed by atoms with E-state index in [9.17, 15) is 33.6 Å². The second-order valence-electron chi connectivity index (χ2n) is 19.2. The standard InChI is InChI=1S/C46H84N12O9/c1-28(2)19-35(55(24-49)39(59)32(9)54(23-48)43(63)38(31(7)8)58(27-52)45(65)67-46(11,12)13)41(61)57(26-51)37(30(5)6)42(62)53(22-47)33(10)40(60)56(25-50)36(20-29(3)4)44(64)66-21-34-17-15-14-16-18-34/h14-18,28-33,35-38H,19-27,47-52H2,1-13H3/t32-,33-,35-,36-,37-,38-/m1/s1. The third-order valence-corrected chi connectivity index (χ3v) is 11.2. The zero-order valence-electron chi connectivity index (χ0n) is 42.3. The number of esters is 1. The molecule has 0 aliphatic heterocycles. The molecule has 0 unspecified atom stereocenters. The molecule has 67 heavy (non-hydrogen) atoms. The number of benzene rings is 1. The lowest BCUT2D eigenvalue weighted by atomic mass is 9.96. The van der Waals surface area contributed by atoms with Crippen molar-refractivity contribution in [3.05, 3.63) is 35.9 Å². The van der Waals surface area contributed by atoms with Crippen molar-refractivity contribution in [2.45, 2.75) is 151 Å². The van der Waals surface area contributed by atoms with E-state index in [0.29, 0.717) is 0 Å². The fraction of sp³-hybridized carbons (Fsp3) is 0.717. The van der Waals surface area contributed by atoms with Gasteiger partial charge in [-0.15, -0.1) is 0 Å². The lowest BCUT2D eigenvalue weighted by Gasteiger charge is -2.43. The van der Waals surface area contributed by atoms with Crippen LogP contribution in [0.25, 0.3) is 0 Å². The minimum absolute atomic E-state index is 0.0296. The first-order valence-corrected chi connectivity index (χ1v) is 23.1. The SMILES string of the molecule is CC(C)C[C@H](C(=O)OCc1ccccc1)N(CN)C(=O)[C@@H](C)N(CN)C(=O)[C@@H](C(C)C)N(CN)C(=O)[C@@H](CC(C)C)N(CN)C(=O)[C@@H](C)N(CN)C(=O)[C@@H](C(C)C)N(CN)C(=O)OC(C)(C)C. The van der Waals surface area contributed by atoms with Crippen LogP contribution < -0.4 is 34.4 Å². The maximum atomic E-state index is 15.0. The minimum atomic E-state index is -1.31. The molecule has 6 amide bonds. The second-order valence-corrected chi connectivity index (χ2v) is 19.2. The van der Waals surface area contributed by atoms with Gasteiger partial charge in [0.25, 0.3) is 0 Å². The van der Waals surface area contributed by atoms with Gasteiger partial charge in [0.05, 0.1) is 40.0 Å². The molecule has 1 aromatic rings. The van der Waals surface area contributed by atoms with E-state index in [1.165, 1.54) is 18.7 Å². The van der Waals surface area contributed by atoms with Crippen molar-refractivity contribution in [3.63, 3.8) is 0 Å². The number of ether oxygens (including phenoxy) is 2. The van der Waals surface area contributed by atoms with Crippen LogP contribution in [-0.4, -0.2) is 153 Å². The van der Waals surface area contributed by atoms with Gasteiger partial charge in [-0.05, 0) is 76.7 Å². The Bertz CT molecular complexity index is 1760. The highest BCUT2D eigenvalue weighted by Crippen LogP contribution is 2.25. The highest BCUT2D eigenvalue weighted by molar-refractivity contribution is 5.97. The van der Waals surface area contributed by atoms with Gasteiger partial charge in [0.15, 0.2) is 0 Å². The van der Waals surface area contributed by atoms with Crippen LogP contribution in [0.4, 0.5) is 4.79 Å². The van der Waals surface area contributed by atoms with E-state index >= 15 is 0 Å². The molecule has 382 valence electrons. The molecule has 0 aliphatic carbocycles. The van der Waals surface area contributed by atoms with Gasteiger partial charge in [0.1, 0.15) is 48.5 Å². The van der Waals surface area contributed by atoms with Gasteiger partial charge < -0.3 is 68.4 Å². The number of nitrogens with two attached hydrogens (primary N) is 6. The maximum Gasteiger partial charge on any atom is 0.412 e. The molecule has 0 saturated heterocycles. The van der Waals surface area contributed by atoms with Crippen molar-refractivity contribution in [3.8, 4) is 0 Å². The van der Waals surface area contributed by atoms with E-state index in [1.807, 2.05) is 45.9 Å². The molecule has 0 saturated carbocycles. The summed E-state index contributed by atoms with van der Waals surface area (Å²) in [7, 11) is 0. The van der Waals surface area contributed by atoms with Crippen molar-refractivity contribution in [2.75, 3.05) is 40.0 Å². The number of hydrogen-bond donors (Lipinski definition) is 6. The summed E-state index contributed by atoms with van der Waals surface area (Å²) in [5, 5.41) is 0. The predicted octanol–water partition coefficient (Wildman–Crippen LogP) is 1.26. The number of rotatable bonds is 26. The average molecular weight is 949 g/mol. The zero-order valence-corrected chi connectivity index (χ0v) is 42.3. The number of nitrogens with zero attached hydrogens (tertiary/aromatic N) is 6. The van der Waals surface area contributed by atoms with Crippen LogP contribution in [0.3, 0.4) is 0 Å². The van der Waals surface area contributed by atoms with Crippen molar-refractivity contribution in [2.24, 2.45) is 58.1 Å². The molecule has 21 nitrogen and oxygen atoms in total. The fourth-order valence-corrected chi connectivity index (χ4v) is 7.85. The van der Waals surface area contributed by atoms with Gasteiger partial charge in [-0.3, -0.25) is 28.9 Å². The minimum Gasteiger partial charge on any atom is -0.459 e. The molecule has 1 rings (SSSR count). The van der Waals surface area contributed by atoms with Crippen LogP contribution in [0.15, 0.2) is 30.3 Å². The van der Waals surface area contributed by atoms with Crippen molar-refractivity contribution >= 4 is 41.6 Å². The Morgan fingerprint density at radius 3 is 1.22 bits per heavy atom. The Kier molecular flexibility index (Phi) is 24.9. The predicted molar refractivity (Wildman–Crippen MR) is 256 cm³/mol. The lowest BCUT2D eigenvalue weighted by Crippen LogP contribution is -2.65. The van der Waals surface area contributed by atoms with Gasteiger partial charge in [-0.1, -0.05) is 85.7 Å². The van der Waals surface area contributed by atoms with Gasteiger partial charge in [0.2, 0.25) is 29.5 Å². The number of hydrogen-bond acceptors (Lipinski definition) is 15. The molecule has 0 bridgehead atoms. The summed E-state index contributed by atoms with van der Waals surface area (Å²) < 4.78 is 11.2. The molecule has 6 atom stereocenters. The number of amides is 6. The van der Waals surface area contributed by atoms with E-state index in [4.69, 9.17) is 43.9 Å². The highest BCUT2D eigenvalue weighted by atomic mass is 16.6. The van der Waals surface area contributed by atoms with Gasteiger partial charge in [0, 0.05) is 0 Å². The van der Waals surface area contributed by atoms with Crippen LogP contribution in [0.5, 0.6) is 0 Å². The third kappa shape index (κ3) is 16.7. The van der Waals surface area contributed by atoms with Gasteiger partial charge in [-0.2, -0.15) is 0 Å². The Hall–Kier alpha value is -4.93. The van der Waals surface area contributed by atoms with Crippen LogP contribution in [0.2, 0.25) is 0 Å². The summed E-state index contributed by atoms with van der Waals surface area (Å²) in [4.78, 5) is 106. The third-order valence-electron chi connectivity index (χ3n) is 11.2. The maximum absolute atomic E-state index is 15.0. The summed E-state index contributed by atoms with van der Waals surface area (Å²) in [5.41, 5.74) is 36.9. The van der Waals surface area contributed by atoms with E-state index < -0.39 is 122 Å². The van der Waals surface area contributed by atoms with Gasteiger partial charge >= 0.3 is 12.1 Å². The molecule has 0 aliphatic rings. The topological polar surface area (TPSA) is 314 Å². The highest BCUT2D eigenvalue weighted by Gasteiger charge is 2.45. The molecule has 0 radical (unpaired) electrons. The summed E-state index contributed by atoms with van der Waals surface area (Å²) >= 11 is 0. The van der Waals surface area contributed by atoms with Crippen LogP contribution in [-0.2, 0) is 44.8 Å². The largest absolute Gasteiger partial charge is 0.459 e. The molecule has 21 heteroatoms. The number of carbonyl (C=O) groups excluding carboxylic acids is 7. The summed E-state index contributed by atoms with van der Waals surface area (Å²) in [6.07, 6.45) is -0.560. The average Bonchev–Trinajstić information content (AvgIpc) is 3.25. The van der Waals surface area contributed by atoms with E-state index in [0.717, 1.165) is 30.1 Å². The molecule has 0 fully saturated rings. The second kappa shape index (κ2) is 27.8. The monoisotopic (exact) mass is 949 g/mol. The molecular weight excluding hydrogens is 865 g/mol. The van der Waals surface area contributed by atoms with Gasteiger partial charge in [-0.25, -0.2) is 9.59 Å². The van der Waals surface area contributed by atoms with Crippen LogP contribution in [0.1, 0.15) is 108 Å². The zero-order chi connectivity index (χ0) is 51.7. The number of carbonyl (C=O) groups is 7. The first-order chi connectivity index (χ1) is 31.2. The van der Waals surface area contributed by atoms with Crippen molar-refractivity contribution < 1.29 is 43.0 Å². The normalized spacial score (nSPS) is 14.4. The Balaban J connectivity index is 3.67. The van der Waals surface area contributed by atoms with Crippen LogP contribution in [0, 0.1) is 23.7 Å². The molecule has 1 aromatic carbocycles. The molecule has 0 aromatic heterocycles. The smallest absolute Gasteiger partial charge is 0.412 e. The molecule has 0 spiro atoms. The van der Waals surface area contributed by atoms with E-state index in [1.54, 1.807) is 60.6 Å². The fourth-order valence-electron chi connectivity index (χ4n) is 7.85. The lowest BCUT2D eigenvalue weighted by molar-refractivity contribution is -0.162. The molecule has 12 N–H and O–H groups in total. The first kappa shape index (κ1) is 60.1. The Labute approximate surface area is 398 Å². The Morgan fingerprint density at radius 1 is 0.493 bits per heavy atom. The quantitative estimate of drug-likeness (QED) is 0.0563.